The van der Waals surface area contributed by atoms with Crippen LogP contribution in [0, 0.1) is 0 Å². The number of aliphatic hydroxyl groups is 1. The number of carbonyl (C=O) groups excluding carboxylic acids is 1. The van der Waals surface area contributed by atoms with Crippen LogP contribution in [0.15, 0.2) is 71.3 Å². The second kappa shape index (κ2) is 7.57. The molecule has 3 rings (SSSR count). The molecule has 0 aliphatic rings. The molecular formula is C19H18N2O3. The molecule has 0 fully saturated rings. The van der Waals surface area contributed by atoms with Gasteiger partial charge in [-0.2, -0.15) is 0 Å². The van der Waals surface area contributed by atoms with E-state index in [0.717, 1.165) is 11.1 Å². The van der Waals surface area contributed by atoms with Gasteiger partial charge in [0.25, 0.3) is 5.91 Å². The first-order chi connectivity index (χ1) is 11.8. The number of hydrogen-bond donors (Lipinski definition) is 1. The number of amides is 1. The average Bonchev–Trinajstić information content (AvgIpc) is 3.12. The first-order valence-corrected chi connectivity index (χ1v) is 7.74. The zero-order valence-electron chi connectivity index (χ0n) is 13.1. The van der Waals surface area contributed by atoms with Crippen LogP contribution < -0.4 is 0 Å². The fourth-order valence-electron chi connectivity index (χ4n) is 2.45. The van der Waals surface area contributed by atoms with Crippen LogP contribution in [-0.2, 0) is 6.54 Å². The lowest BCUT2D eigenvalue weighted by Crippen LogP contribution is -2.33. The van der Waals surface area contributed by atoms with E-state index >= 15 is 0 Å². The minimum Gasteiger partial charge on any atom is -0.395 e. The monoisotopic (exact) mass is 322 g/mol. The highest BCUT2D eigenvalue weighted by Gasteiger charge is 2.20. The number of aromatic nitrogens is 1. The van der Waals surface area contributed by atoms with Crippen molar-refractivity contribution in [1.82, 2.24) is 10.1 Å². The van der Waals surface area contributed by atoms with Gasteiger partial charge in [0, 0.05) is 24.7 Å². The van der Waals surface area contributed by atoms with E-state index in [0.29, 0.717) is 12.3 Å². The second-order valence-electron chi connectivity index (χ2n) is 5.38. The van der Waals surface area contributed by atoms with Crippen LogP contribution in [-0.4, -0.2) is 34.2 Å². The molecule has 0 aliphatic carbocycles. The quantitative estimate of drug-likeness (QED) is 0.757. The summed E-state index contributed by atoms with van der Waals surface area (Å²) >= 11 is 0. The molecular weight excluding hydrogens is 304 g/mol. The number of hydrogen-bond acceptors (Lipinski definition) is 4. The predicted octanol–water partition coefficient (Wildman–Crippen LogP) is 2.98. The van der Waals surface area contributed by atoms with Crippen molar-refractivity contribution in [3.63, 3.8) is 0 Å². The maximum atomic E-state index is 12.7. The van der Waals surface area contributed by atoms with Crippen LogP contribution in [0.25, 0.3) is 11.3 Å². The van der Waals surface area contributed by atoms with Gasteiger partial charge in [-0.25, -0.2) is 0 Å². The first-order valence-electron chi connectivity index (χ1n) is 7.74. The molecule has 5 nitrogen and oxygen atoms in total. The lowest BCUT2D eigenvalue weighted by atomic mass is 10.1. The fourth-order valence-corrected chi connectivity index (χ4v) is 2.45. The maximum Gasteiger partial charge on any atom is 0.276 e. The summed E-state index contributed by atoms with van der Waals surface area (Å²) in [5, 5.41) is 13.1. The van der Waals surface area contributed by atoms with Gasteiger partial charge in [0.05, 0.1) is 6.61 Å². The molecule has 1 N–H and O–H groups in total. The molecule has 0 radical (unpaired) electrons. The summed E-state index contributed by atoms with van der Waals surface area (Å²) in [5.41, 5.74) is 2.09. The largest absolute Gasteiger partial charge is 0.395 e. The van der Waals surface area contributed by atoms with Gasteiger partial charge in [-0.1, -0.05) is 65.8 Å². The smallest absolute Gasteiger partial charge is 0.276 e. The van der Waals surface area contributed by atoms with Crippen LogP contribution >= 0.6 is 0 Å². The van der Waals surface area contributed by atoms with Gasteiger partial charge in [0.2, 0.25) is 0 Å². The van der Waals surface area contributed by atoms with E-state index in [-0.39, 0.29) is 24.8 Å². The summed E-state index contributed by atoms with van der Waals surface area (Å²) in [5.74, 6) is 0.279. The molecule has 0 bridgehead atoms. The van der Waals surface area contributed by atoms with Crippen LogP contribution in [0.5, 0.6) is 0 Å². The summed E-state index contributed by atoms with van der Waals surface area (Å²) < 4.78 is 5.29. The van der Waals surface area contributed by atoms with Crippen molar-refractivity contribution in [3.05, 3.63) is 78.0 Å². The minimum atomic E-state index is -0.265. The number of aliphatic hydroxyl groups excluding tert-OH is 1. The Kier molecular flexibility index (Phi) is 5.03. The molecule has 1 heterocycles. The van der Waals surface area contributed by atoms with Crippen LogP contribution in [0.3, 0.4) is 0 Å². The van der Waals surface area contributed by atoms with Crippen LogP contribution in [0.4, 0.5) is 0 Å². The third kappa shape index (κ3) is 3.70. The molecule has 1 aromatic heterocycles. The fraction of sp³-hybridized carbons (Fsp3) is 0.158. The van der Waals surface area contributed by atoms with E-state index in [1.165, 1.54) is 0 Å². The van der Waals surface area contributed by atoms with Gasteiger partial charge in [0.15, 0.2) is 11.5 Å². The molecule has 0 saturated carbocycles. The standard InChI is InChI=1S/C19H18N2O3/c22-12-11-21(14-15-7-3-1-4-8-15)19(23)17-13-18(24-20-17)16-9-5-2-6-10-16/h1-10,13,22H,11-12,14H2. The molecule has 2 aromatic carbocycles. The molecule has 0 spiro atoms. The highest BCUT2D eigenvalue weighted by molar-refractivity contribution is 5.93. The van der Waals surface area contributed by atoms with Crippen molar-refractivity contribution in [2.75, 3.05) is 13.2 Å². The van der Waals surface area contributed by atoms with Crippen molar-refractivity contribution in [1.29, 1.82) is 0 Å². The Morgan fingerprint density at radius 1 is 1.04 bits per heavy atom. The first kappa shape index (κ1) is 16.0. The summed E-state index contributed by atoms with van der Waals surface area (Å²) in [4.78, 5) is 14.2. The minimum absolute atomic E-state index is 0.109. The van der Waals surface area contributed by atoms with Crippen molar-refractivity contribution in [3.8, 4) is 11.3 Å². The summed E-state index contributed by atoms with van der Waals surface area (Å²) in [6.07, 6.45) is 0. The van der Waals surface area contributed by atoms with Crippen LogP contribution in [0.1, 0.15) is 16.1 Å². The van der Waals surface area contributed by atoms with E-state index in [1.54, 1.807) is 11.0 Å². The summed E-state index contributed by atoms with van der Waals surface area (Å²) in [7, 11) is 0. The summed E-state index contributed by atoms with van der Waals surface area (Å²) in [6.45, 7) is 0.539. The molecule has 122 valence electrons. The van der Waals surface area contributed by atoms with Gasteiger partial charge < -0.3 is 14.5 Å². The Morgan fingerprint density at radius 2 is 1.71 bits per heavy atom. The average molecular weight is 322 g/mol. The van der Waals surface area contributed by atoms with Crippen molar-refractivity contribution >= 4 is 5.91 Å². The Bertz CT molecular complexity index is 785. The van der Waals surface area contributed by atoms with Crippen molar-refractivity contribution in [2.24, 2.45) is 0 Å². The molecule has 0 aliphatic heterocycles. The number of benzene rings is 2. The van der Waals surface area contributed by atoms with Crippen LogP contribution in [0.2, 0.25) is 0 Å². The Balaban J connectivity index is 1.79. The third-order valence-corrected chi connectivity index (χ3v) is 3.66. The molecule has 3 aromatic rings. The second-order valence-corrected chi connectivity index (χ2v) is 5.38. The van der Waals surface area contributed by atoms with Gasteiger partial charge in [-0.15, -0.1) is 0 Å². The van der Waals surface area contributed by atoms with Gasteiger partial charge in [-0.05, 0) is 5.56 Å². The predicted molar refractivity (Wildman–Crippen MR) is 90.2 cm³/mol. The maximum absolute atomic E-state index is 12.7. The Hall–Kier alpha value is -2.92. The number of nitrogens with zero attached hydrogens (tertiary/aromatic N) is 2. The number of rotatable bonds is 6. The highest BCUT2D eigenvalue weighted by atomic mass is 16.5. The third-order valence-electron chi connectivity index (χ3n) is 3.66. The molecule has 5 heteroatoms. The van der Waals surface area contributed by atoms with Gasteiger partial charge in [-0.3, -0.25) is 4.79 Å². The van der Waals surface area contributed by atoms with Gasteiger partial charge >= 0.3 is 0 Å². The Morgan fingerprint density at radius 3 is 2.38 bits per heavy atom. The SMILES string of the molecule is O=C(c1cc(-c2ccccc2)on1)N(CCO)Cc1ccccc1. The van der Waals surface area contributed by atoms with E-state index in [4.69, 9.17) is 4.52 Å². The Labute approximate surface area is 140 Å². The molecule has 0 unspecified atom stereocenters. The van der Waals surface area contributed by atoms with Crippen molar-refractivity contribution < 1.29 is 14.4 Å². The highest BCUT2D eigenvalue weighted by Crippen LogP contribution is 2.20. The molecule has 0 atom stereocenters. The zero-order chi connectivity index (χ0) is 16.8. The molecule has 0 saturated heterocycles. The normalized spacial score (nSPS) is 10.5. The lowest BCUT2D eigenvalue weighted by molar-refractivity contribution is 0.0697. The number of carbonyl (C=O) groups is 1. The topological polar surface area (TPSA) is 66.6 Å². The lowest BCUT2D eigenvalue weighted by Gasteiger charge is -2.20. The van der Waals surface area contributed by atoms with Crippen molar-refractivity contribution in [2.45, 2.75) is 6.54 Å². The molecule has 1 amide bonds. The molecule has 24 heavy (non-hydrogen) atoms. The zero-order valence-corrected chi connectivity index (χ0v) is 13.1. The van der Waals surface area contributed by atoms with E-state index in [9.17, 15) is 9.90 Å². The van der Waals surface area contributed by atoms with E-state index in [1.807, 2.05) is 60.7 Å². The van der Waals surface area contributed by atoms with Gasteiger partial charge in [0.1, 0.15) is 0 Å². The van der Waals surface area contributed by atoms with E-state index < -0.39 is 0 Å². The summed E-state index contributed by atoms with van der Waals surface area (Å²) in [6, 6.07) is 20.8. The van der Waals surface area contributed by atoms with E-state index in [2.05, 4.69) is 5.16 Å².